The van der Waals surface area contributed by atoms with E-state index in [2.05, 4.69) is 15.3 Å². The Bertz CT molecular complexity index is 299. The smallest absolute Gasteiger partial charge is 0.356 e. The van der Waals surface area contributed by atoms with E-state index in [1.165, 1.54) is 12.4 Å². The lowest BCUT2D eigenvalue weighted by Crippen LogP contribution is -2.10. The molecule has 0 atom stereocenters. The van der Waals surface area contributed by atoms with Crippen LogP contribution in [-0.4, -0.2) is 41.3 Å². The van der Waals surface area contributed by atoms with Gasteiger partial charge in [0.25, 0.3) is 0 Å². The Morgan fingerprint density at radius 2 is 2.36 bits per heavy atom. The van der Waals surface area contributed by atoms with E-state index >= 15 is 0 Å². The number of carbonyl (C=O) groups is 1. The van der Waals surface area contributed by atoms with Gasteiger partial charge in [0.2, 0.25) is 0 Å². The first-order valence-corrected chi connectivity index (χ1v) is 4.02. The second-order valence-corrected chi connectivity index (χ2v) is 2.51. The standard InChI is InChI=1S/C8H11N3O3/c1-14-3-2-9-7-5-10-6(4-11-7)8(12)13/h4-5H,2-3H2,1H3,(H,9,11)(H,12,13). The minimum Gasteiger partial charge on any atom is -0.476 e. The molecular formula is C8H11N3O3. The third kappa shape index (κ3) is 2.98. The maximum Gasteiger partial charge on any atom is 0.356 e. The summed E-state index contributed by atoms with van der Waals surface area (Å²) in [4.78, 5) is 18.0. The van der Waals surface area contributed by atoms with Crippen LogP contribution in [0.2, 0.25) is 0 Å². The van der Waals surface area contributed by atoms with Crippen LogP contribution in [0.4, 0.5) is 5.82 Å². The first-order chi connectivity index (χ1) is 6.74. The SMILES string of the molecule is COCCNc1cnc(C(=O)O)cn1. The average Bonchev–Trinajstić information content (AvgIpc) is 2.19. The number of nitrogens with one attached hydrogen (secondary N) is 1. The van der Waals surface area contributed by atoms with E-state index in [0.717, 1.165) is 0 Å². The van der Waals surface area contributed by atoms with Crippen molar-refractivity contribution in [1.29, 1.82) is 0 Å². The minimum atomic E-state index is -1.08. The molecule has 1 heterocycles. The lowest BCUT2D eigenvalue weighted by Gasteiger charge is -2.03. The van der Waals surface area contributed by atoms with Crippen molar-refractivity contribution < 1.29 is 14.6 Å². The normalized spacial score (nSPS) is 9.79. The molecule has 0 aromatic carbocycles. The van der Waals surface area contributed by atoms with Crippen molar-refractivity contribution in [2.24, 2.45) is 0 Å². The van der Waals surface area contributed by atoms with E-state index < -0.39 is 5.97 Å². The van der Waals surface area contributed by atoms with Crippen LogP contribution in [0.25, 0.3) is 0 Å². The molecule has 0 spiro atoms. The van der Waals surface area contributed by atoms with Gasteiger partial charge in [0.05, 0.1) is 19.0 Å². The monoisotopic (exact) mass is 197 g/mol. The zero-order chi connectivity index (χ0) is 10.4. The third-order valence-electron chi connectivity index (χ3n) is 1.48. The summed E-state index contributed by atoms with van der Waals surface area (Å²) in [5.74, 6) is -0.548. The third-order valence-corrected chi connectivity index (χ3v) is 1.48. The van der Waals surface area contributed by atoms with Gasteiger partial charge in [-0.15, -0.1) is 0 Å². The molecule has 14 heavy (non-hydrogen) atoms. The van der Waals surface area contributed by atoms with Crippen LogP contribution in [0.3, 0.4) is 0 Å². The largest absolute Gasteiger partial charge is 0.476 e. The van der Waals surface area contributed by atoms with Crippen LogP contribution in [-0.2, 0) is 4.74 Å². The number of carboxylic acids is 1. The van der Waals surface area contributed by atoms with Crippen molar-refractivity contribution in [3.05, 3.63) is 18.1 Å². The summed E-state index contributed by atoms with van der Waals surface area (Å²) in [7, 11) is 1.60. The Morgan fingerprint density at radius 3 is 2.86 bits per heavy atom. The van der Waals surface area contributed by atoms with E-state index in [-0.39, 0.29) is 5.69 Å². The van der Waals surface area contributed by atoms with E-state index in [4.69, 9.17) is 9.84 Å². The predicted molar refractivity (Wildman–Crippen MR) is 49.4 cm³/mol. The first-order valence-electron chi connectivity index (χ1n) is 4.02. The Hall–Kier alpha value is -1.69. The predicted octanol–water partition coefficient (Wildman–Crippen LogP) is 0.233. The molecule has 0 amide bonds. The van der Waals surface area contributed by atoms with Crippen molar-refractivity contribution in [2.45, 2.75) is 0 Å². The fourth-order valence-electron chi connectivity index (χ4n) is 0.811. The topological polar surface area (TPSA) is 84.3 Å². The highest BCUT2D eigenvalue weighted by molar-refractivity contribution is 5.84. The number of nitrogens with zero attached hydrogens (tertiary/aromatic N) is 2. The van der Waals surface area contributed by atoms with Crippen molar-refractivity contribution in [1.82, 2.24) is 9.97 Å². The number of rotatable bonds is 5. The molecule has 2 N–H and O–H groups in total. The van der Waals surface area contributed by atoms with Crippen molar-refractivity contribution in [3.63, 3.8) is 0 Å². The van der Waals surface area contributed by atoms with Gasteiger partial charge < -0.3 is 15.2 Å². The van der Waals surface area contributed by atoms with Gasteiger partial charge in [0, 0.05) is 13.7 Å². The zero-order valence-corrected chi connectivity index (χ0v) is 7.73. The fraction of sp³-hybridized carbons (Fsp3) is 0.375. The number of methoxy groups -OCH3 is 1. The maximum atomic E-state index is 10.4. The Morgan fingerprint density at radius 1 is 1.57 bits per heavy atom. The van der Waals surface area contributed by atoms with Crippen LogP contribution in [0.15, 0.2) is 12.4 Å². The molecule has 0 bridgehead atoms. The van der Waals surface area contributed by atoms with Crippen molar-refractivity contribution in [3.8, 4) is 0 Å². The average molecular weight is 197 g/mol. The quantitative estimate of drug-likeness (QED) is 0.657. The Balaban J connectivity index is 2.51. The molecule has 0 saturated carbocycles. The number of aromatic carboxylic acids is 1. The van der Waals surface area contributed by atoms with E-state index in [0.29, 0.717) is 19.0 Å². The highest BCUT2D eigenvalue weighted by Crippen LogP contribution is 2.00. The van der Waals surface area contributed by atoms with Crippen LogP contribution >= 0.6 is 0 Å². The van der Waals surface area contributed by atoms with Crippen molar-refractivity contribution >= 4 is 11.8 Å². The number of ether oxygens (including phenoxy) is 1. The molecule has 6 nitrogen and oxygen atoms in total. The molecule has 1 aromatic heterocycles. The van der Waals surface area contributed by atoms with Gasteiger partial charge in [0.1, 0.15) is 5.82 Å². The number of carboxylic acid groups (broad SMARTS) is 1. The summed E-state index contributed by atoms with van der Waals surface area (Å²) in [6.07, 6.45) is 2.58. The van der Waals surface area contributed by atoms with Crippen LogP contribution in [0, 0.1) is 0 Å². The van der Waals surface area contributed by atoms with Gasteiger partial charge >= 0.3 is 5.97 Å². The van der Waals surface area contributed by atoms with E-state index in [9.17, 15) is 4.79 Å². The second-order valence-electron chi connectivity index (χ2n) is 2.51. The molecule has 0 aliphatic carbocycles. The molecule has 0 radical (unpaired) electrons. The number of anilines is 1. The van der Waals surface area contributed by atoms with Crippen molar-refractivity contribution in [2.75, 3.05) is 25.6 Å². The molecule has 6 heteroatoms. The molecule has 0 saturated heterocycles. The highest BCUT2D eigenvalue weighted by Gasteiger charge is 2.03. The molecule has 1 aromatic rings. The molecule has 1 rings (SSSR count). The lowest BCUT2D eigenvalue weighted by molar-refractivity contribution is 0.0690. The molecular weight excluding hydrogens is 186 g/mol. The molecule has 76 valence electrons. The fourth-order valence-corrected chi connectivity index (χ4v) is 0.811. The van der Waals surface area contributed by atoms with Gasteiger partial charge in [-0.3, -0.25) is 0 Å². The van der Waals surface area contributed by atoms with E-state index in [1.807, 2.05) is 0 Å². The summed E-state index contributed by atoms with van der Waals surface area (Å²) in [6, 6.07) is 0. The molecule has 0 unspecified atom stereocenters. The molecule has 0 fully saturated rings. The summed E-state index contributed by atoms with van der Waals surface area (Å²) in [5, 5.41) is 11.5. The highest BCUT2D eigenvalue weighted by atomic mass is 16.5. The summed E-state index contributed by atoms with van der Waals surface area (Å²) in [6.45, 7) is 1.17. The van der Waals surface area contributed by atoms with Gasteiger partial charge in [-0.05, 0) is 0 Å². The number of aromatic nitrogens is 2. The van der Waals surface area contributed by atoms with Crippen LogP contribution in [0.5, 0.6) is 0 Å². The van der Waals surface area contributed by atoms with Gasteiger partial charge in [-0.25, -0.2) is 14.8 Å². The van der Waals surface area contributed by atoms with Crippen LogP contribution in [0.1, 0.15) is 10.5 Å². The molecule has 0 aliphatic rings. The lowest BCUT2D eigenvalue weighted by atomic mass is 10.4. The summed E-state index contributed by atoms with van der Waals surface area (Å²) >= 11 is 0. The van der Waals surface area contributed by atoms with Gasteiger partial charge in [-0.2, -0.15) is 0 Å². The van der Waals surface area contributed by atoms with Gasteiger partial charge in [-0.1, -0.05) is 0 Å². The second kappa shape index (κ2) is 5.13. The van der Waals surface area contributed by atoms with E-state index in [1.54, 1.807) is 7.11 Å². The van der Waals surface area contributed by atoms with Crippen LogP contribution < -0.4 is 5.32 Å². The minimum absolute atomic E-state index is 0.0673. The Labute approximate surface area is 80.9 Å². The maximum absolute atomic E-state index is 10.4. The summed E-state index contributed by atoms with van der Waals surface area (Å²) < 4.78 is 4.82. The number of hydrogen-bond acceptors (Lipinski definition) is 5. The van der Waals surface area contributed by atoms with Gasteiger partial charge in [0.15, 0.2) is 5.69 Å². The number of hydrogen-bond donors (Lipinski definition) is 2. The first kappa shape index (κ1) is 10.4. The molecule has 0 aliphatic heterocycles. The Kier molecular flexibility index (Phi) is 3.81. The summed E-state index contributed by atoms with van der Waals surface area (Å²) in [5.41, 5.74) is -0.0673. The zero-order valence-electron chi connectivity index (χ0n) is 7.73.